The quantitative estimate of drug-likeness (QED) is 0.835. The lowest BCUT2D eigenvalue weighted by Crippen LogP contribution is -2.37. The molecular formula is C19H25N3O2. The molecule has 3 rings (SSSR count). The van der Waals surface area contributed by atoms with Crippen molar-refractivity contribution in [1.82, 2.24) is 10.7 Å². The maximum absolute atomic E-state index is 12.0. The van der Waals surface area contributed by atoms with Gasteiger partial charge in [0.25, 0.3) is 11.8 Å². The third-order valence-electron chi connectivity index (χ3n) is 6.27. The average Bonchev–Trinajstić information content (AvgIpc) is 2.91. The van der Waals surface area contributed by atoms with E-state index in [2.05, 4.69) is 36.6 Å². The van der Waals surface area contributed by atoms with Crippen molar-refractivity contribution >= 4 is 17.5 Å². The zero-order chi connectivity index (χ0) is 17.4. The van der Waals surface area contributed by atoms with E-state index in [4.69, 9.17) is 0 Å². The van der Waals surface area contributed by atoms with Crippen LogP contribution in [-0.4, -0.2) is 24.1 Å². The van der Waals surface area contributed by atoms with Gasteiger partial charge >= 0.3 is 0 Å². The van der Waals surface area contributed by atoms with E-state index < -0.39 is 0 Å². The van der Waals surface area contributed by atoms with Gasteiger partial charge in [-0.1, -0.05) is 39.0 Å². The second-order valence-electron chi connectivity index (χ2n) is 7.64. The van der Waals surface area contributed by atoms with Gasteiger partial charge < -0.3 is 5.32 Å². The van der Waals surface area contributed by atoms with Crippen LogP contribution < -0.4 is 10.7 Å². The Kier molecular flexibility index (Phi) is 4.20. The number of fused-ring (bicyclic) bond motifs is 2. The Morgan fingerprint density at radius 1 is 1.21 bits per heavy atom. The standard InChI is InChI=1S/C19H25N3O2/c1-18(2)14-9-10-19(18,3)15(11-14)21-22-16(23)12-20-17(24)13-7-5-4-6-8-13/h4-8,14H,9-12H2,1-3H3,(H,20,24)(H,22,23)/b21-15+/t14-,19-/m1/s1. The second-order valence-corrected chi connectivity index (χ2v) is 7.64. The molecule has 0 unspecified atom stereocenters. The Morgan fingerprint density at radius 2 is 1.92 bits per heavy atom. The van der Waals surface area contributed by atoms with E-state index in [-0.39, 0.29) is 29.2 Å². The van der Waals surface area contributed by atoms with Crippen LogP contribution in [0.4, 0.5) is 0 Å². The number of hydrazone groups is 1. The fraction of sp³-hybridized carbons (Fsp3) is 0.526. The number of hydrogen-bond donors (Lipinski definition) is 2. The number of amides is 2. The number of benzene rings is 1. The fourth-order valence-corrected chi connectivity index (χ4v) is 4.12. The van der Waals surface area contributed by atoms with E-state index in [9.17, 15) is 9.59 Å². The van der Waals surface area contributed by atoms with Crippen LogP contribution in [0.5, 0.6) is 0 Å². The predicted molar refractivity (Wildman–Crippen MR) is 93.6 cm³/mol. The van der Waals surface area contributed by atoms with E-state index in [0.717, 1.165) is 18.6 Å². The summed E-state index contributed by atoms with van der Waals surface area (Å²) in [6.45, 7) is 6.78. The maximum Gasteiger partial charge on any atom is 0.259 e. The summed E-state index contributed by atoms with van der Waals surface area (Å²) < 4.78 is 0. The number of carbonyl (C=O) groups excluding carboxylic acids is 2. The Balaban J connectivity index is 1.54. The zero-order valence-corrected chi connectivity index (χ0v) is 14.6. The van der Waals surface area contributed by atoms with Crippen LogP contribution in [-0.2, 0) is 4.79 Å². The zero-order valence-electron chi connectivity index (χ0n) is 14.6. The largest absolute Gasteiger partial charge is 0.343 e. The van der Waals surface area contributed by atoms with Gasteiger partial charge in [0.05, 0.1) is 6.54 Å². The highest BCUT2D eigenvalue weighted by Crippen LogP contribution is 2.63. The average molecular weight is 327 g/mol. The van der Waals surface area contributed by atoms with Crippen molar-refractivity contribution in [1.29, 1.82) is 0 Å². The van der Waals surface area contributed by atoms with E-state index in [1.165, 1.54) is 6.42 Å². The van der Waals surface area contributed by atoms with Crippen LogP contribution in [0, 0.1) is 16.7 Å². The van der Waals surface area contributed by atoms with Crippen LogP contribution in [0.25, 0.3) is 0 Å². The minimum Gasteiger partial charge on any atom is -0.343 e. The molecule has 0 saturated heterocycles. The number of carbonyl (C=O) groups is 2. The minimum absolute atomic E-state index is 0.0677. The fourth-order valence-electron chi connectivity index (χ4n) is 4.12. The highest BCUT2D eigenvalue weighted by Gasteiger charge is 2.59. The van der Waals surface area contributed by atoms with Gasteiger partial charge in [0.2, 0.25) is 0 Å². The molecule has 2 N–H and O–H groups in total. The third kappa shape index (κ3) is 2.72. The predicted octanol–water partition coefficient (Wildman–Crippen LogP) is 2.73. The third-order valence-corrected chi connectivity index (χ3v) is 6.27. The molecule has 0 heterocycles. The highest BCUT2D eigenvalue weighted by molar-refractivity contribution is 5.97. The minimum atomic E-state index is -0.295. The Bertz CT molecular complexity index is 681. The van der Waals surface area contributed by atoms with Crippen LogP contribution in [0.1, 0.15) is 50.4 Å². The molecule has 0 aliphatic heterocycles. The molecule has 0 radical (unpaired) electrons. The lowest BCUT2D eigenvalue weighted by Gasteiger charge is -2.34. The summed E-state index contributed by atoms with van der Waals surface area (Å²) >= 11 is 0. The lowest BCUT2D eigenvalue weighted by molar-refractivity contribution is -0.120. The summed E-state index contributed by atoms with van der Waals surface area (Å²) in [6, 6.07) is 8.85. The Morgan fingerprint density at radius 3 is 2.50 bits per heavy atom. The molecule has 2 aliphatic carbocycles. The molecule has 5 heteroatoms. The molecule has 2 saturated carbocycles. The van der Waals surface area contributed by atoms with Gasteiger partial charge in [0.1, 0.15) is 0 Å². The molecule has 0 spiro atoms. The van der Waals surface area contributed by atoms with Crippen LogP contribution in [0.2, 0.25) is 0 Å². The lowest BCUT2D eigenvalue weighted by atomic mass is 9.70. The molecule has 2 amide bonds. The van der Waals surface area contributed by atoms with Gasteiger partial charge in [0, 0.05) is 16.7 Å². The highest BCUT2D eigenvalue weighted by atomic mass is 16.2. The van der Waals surface area contributed by atoms with Crippen molar-refractivity contribution in [2.75, 3.05) is 6.54 Å². The first-order chi connectivity index (χ1) is 11.3. The first-order valence-corrected chi connectivity index (χ1v) is 8.54. The molecule has 5 nitrogen and oxygen atoms in total. The molecule has 1 aromatic rings. The first-order valence-electron chi connectivity index (χ1n) is 8.54. The molecule has 1 aromatic carbocycles. The van der Waals surface area contributed by atoms with Crippen LogP contribution >= 0.6 is 0 Å². The van der Waals surface area contributed by atoms with Crippen molar-refractivity contribution in [3.63, 3.8) is 0 Å². The summed E-state index contributed by atoms with van der Waals surface area (Å²) in [5.74, 6) is 0.0957. The molecular weight excluding hydrogens is 302 g/mol. The smallest absolute Gasteiger partial charge is 0.259 e. The SMILES string of the molecule is CC1(C)[C@@H]2CC[C@]1(C)/C(=N/NC(=O)CNC(=O)c1ccccc1)C2. The van der Waals surface area contributed by atoms with E-state index in [0.29, 0.717) is 11.5 Å². The number of rotatable bonds is 4. The number of hydrogen-bond acceptors (Lipinski definition) is 3. The molecule has 128 valence electrons. The van der Waals surface area contributed by atoms with Gasteiger partial charge in [-0.25, -0.2) is 5.43 Å². The van der Waals surface area contributed by atoms with E-state index in [1.807, 2.05) is 6.07 Å². The Hall–Kier alpha value is -2.17. The van der Waals surface area contributed by atoms with E-state index >= 15 is 0 Å². The van der Waals surface area contributed by atoms with Gasteiger partial charge in [-0.15, -0.1) is 0 Å². The van der Waals surface area contributed by atoms with E-state index in [1.54, 1.807) is 24.3 Å². The summed E-state index contributed by atoms with van der Waals surface area (Å²) in [5, 5.41) is 7.00. The monoisotopic (exact) mass is 327 g/mol. The van der Waals surface area contributed by atoms with Gasteiger partial charge in [-0.2, -0.15) is 5.10 Å². The molecule has 2 aliphatic rings. The topological polar surface area (TPSA) is 70.6 Å². The molecule has 24 heavy (non-hydrogen) atoms. The summed E-state index contributed by atoms with van der Waals surface area (Å²) in [5.41, 5.74) is 4.55. The summed E-state index contributed by atoms with van der Waals surface area (Å²) in [6.07, 6.45) is 3.33. The molecule has 2 fully saturated rings. The van der Waals surface area contributed by atoms with Crippen molar-refractivity contribution in [2.24, 2.45) is 21.8 Å². The number of nitrogens with zero attached hydrogens (tertiary/aromatic N) is 1. The Labute approximate surface area is 142 Å². The van der Waals surface area contributed by atoms with Gasteiger partial charge in [-0.05, 0) is 42.7 Å². The first kappa shape index (κ1) is 16.7. The van der Waals surface area contributed by atoms with Crippen molar-refractivity contribution in [3.05, 3.63) is 35.9 Å². The van der Waals surface area contributed by atoms with Crippen molar-refractivity contribution in [3.8, 4) is 0 Å². The van der Waals surface area contributed by atoms with Gasteiger partial charge in [-0.3, -0.25) is 9.59 Å². The van der Waals surface area contributed by atoms with Crippen LogP contribution in [0.15, 0.2) is 35.4 Å². The van der Waals surface area contributed by atoms with Crippen LogP contribution in [0.3, 0.4) is 0 Å². The van der Waals surface area contributed by atoms with Gasteiger partial charge in [0.15, 0.2) is 0 Å². The second kappa shape index (κ2) is 6.04. The molecule has 2 atom stereocenters. The maximum atomic E-state index is 12.0. The summed E-state index contributed by atoms with van der Waals surface area (Å²) in [4.78, 5) is 23.9. The van der Waals surface area contributed by atoms with Crippen molar-refractivity contribution < 1.29 is 9.59 Å². The molecule has 0 aromatic heterocycles. The number of nitrogens with one attached hydrogen (secondary N) is 2. The van der Waals surface area contributed by atoms with Crippen molar-refractivity contribution in [2.45, 2.75) is 40.0 Å². The summed E-state index contributed by atoms with van der Waals surface area (Å²) in [7, 11) is 0. The molecule has 2 bridgehead atoms. The normalized spacial score (nSPS) is 28.8.